The molecule has 122 valence electrons. The molecule has 0 aliphatic carbocycles. The quantitative estimate of drug-likeness (QED) is 0.838. The van der Waals surface area contributed by atoms with Gasteiger partial charge in [0.1, 0.15) is 11.6 Å². The Morgan fingerprint density at radius 3 is 3.00 bits per heavy atom. The average Bonchev–Trinajstić information content (AvgIpc) is 3.12. The highest BCUT2D eigenvalue weighted by atomic mass is 35.5. The zero-order valence-electron chi connectivity index (χ0n) is 13.1. The fourth-order valence-corrected chi connectivity index (χ4v) is 3.51. The van der Waals surface area contributed by atoms with Crippen molar-refractivity contribution in [1.82, 2.24) is 10.1 Å². The third-order valence-electron chi connectivity index (χ3n) is 4.33. The lowest BCUT2D eigenvalue weighted by Gasteiger charge is -2.25. The van der Waals surface area contributed by atoms with Crippen LogP contribution < -0.4 is 0 Å². The molecule has 2 aromatic rings. The summed E-state index contributed by atoms with van der Waals surface area (Å²) in [6.07, 6.45) is 2.37. The normalized spacial score (nSPS) is 17.7. The Hall–Kier alpha value is -1.88. The number of benzene rings is 1. The first kappa shape index (κ1) is 16.0. The van der Waals surface area contributed by atoms with Crippen molar-refractivity contribution in [3.8, 4) is 0 Å². The third kappa shape index (κ3) is 2.74. The zero-order chi connectivity index (χ0) is 16.6. The number of hydrogen-bond donors (Lipinski definition) is 0. The largest absolute Gasteiger partial charge is 0.361 e. The topological polar surface area (TPSA) is 46.3 Å². The molecule has 0 spiro atoms. The molecule has 6 heteroatoms. The van der Waals surface area contributed by atoms with Gasteiger partial charge >= 0.3 is 0 Å². The molecule has 1 saturated heterocycles. The van der Waals surface area contributed by atoms with Gasteiger partial charge in [0, 0.05) is 18.5 Å². The Morgan fingerprint density at radius 2 is 2.30 bits per heavy atom. The minimum Gasteiger partial charge on any atom is -0.361 e. The van der Waals surface area contributed by atoms with Gasteiger partial charge in [-0.1, -0.05) is 29.7 Å². The van der Waals surface area contributed by atoms with Crippen molar-refractivity contribution in [3.05, 3.63) is 51.6 Å². The number of amides is 1. The average molecular weight is 337 g/mol. The second kappa shape index (κ2) is 6.32. The Balaban J connectivity index is 1.99. The Kier molecular flexibility index (Phi) is 4.39. The van der Waals surface area contributed by atoms with Crippen LogP contribution in [0, 0.1) is 12.7 Å². The van der Waals surface area contributed by atoms with Crippen LogP contribution in [-0.4, -0.2) is 22.5 Å². The standard InChI is InChI=1S/C17H18ClFN2O2/c1-3-14-15(10(2)20-23-14)13-8-5-9-21(13)17(22)16-11(18)6-4-7-12(16)19/h4,6-7,13H,3,5,8-9H2,1-2H3. The number of nitrogens with zero attached hydrogens (tertiary/aromatic N) is 2. The van der Waals surface area contributed by atoms with E-state index in [2.05, 4.69) is 5.16 Å². The molecule has 1 unspecified atom stereocenters. The van der Waals surface area contributed by atoms with Crippen molar-refractivity contribution in [2.24, 2.45) is 0 Å². The lowest BCUT2D eigenvalue weighted by Crippen LogP contribution is -2.32. The summed E-state index contributed by atoms with van der Waals surface area (Å²) in [7, 11) is 0. The molecule has 2 heterocycles. The maximum absolute atomic E-state index is 14.1. The Morgan fingerprint density at radius 1 is 1.52 bits per heavy atom. The van der Waals surface area contributed by atoms with Crippen LogP contribution in [0.2, 0.25) is 5.02 Å². The van der Waals surface area contributed by atoms with Gasteiger partial charge in [-0.05, 0) is 31.9 Å². The van der Waals surface area contributed by atoms with Crippen molar-refractivity contribution in [1.29, 1.82) is 0 Å². The molecule has 1 fully saturated rings. The fourth-order valence-electron chi connectivity index (χ4n) is 3.26. The van der Waals surface area contributed by atoms with Crippen LogP contribution in [0.3, 0.4) is 0 Å². The van der Waals surface area contributed by atoms with Crippen LogP contribution >= 0.6 is 11.6 Å². The van der Waals surface area contributed by atoms with E-state index in [1.165, 1.54) is 18.2 Å². The van der Waals surface area contributed by atoms with Crippen LogP contribution in [-0.2, 0) is 6.42 Å². The maximum atomic E-state index is 14.1. The SMILES string of the molecule is CCc1onc(C)c1C1CCCN1C(=O)c1c(F)cccc1Cl. The van der Waals surface area contributed by atoms with Gasteiger partial charge in [0.25, 0.3) is 5.91 Å². The second-order valence-corrected chi connectivity index (χ2v) is 6.12. The van der Waals surface area contributed by atoms with E-state index >= 15 is 0 Å². The summed E-state index contributed by atoms with van der Waals surface area (Å²) >= 11 is 6.05. The molecule has 0 saturated carbocycles. The van der Waals surface area contributed by atoms with Crippen LogP contribution in [0.5, 0.6) is 0 Å². The van der Waals surface area contributed by atoms with Gasteiger partial charge in [-0.25, -0.2) is 4.39 Å². The summed E-state index contributed by atoms with van der Waals surface area (Å²) in [5.41, 5.74) is 1.67. The van der Waals surface area contributed by atoms with Crippen molar-refractivity contribution < 1.29 is 13.7 Å². The first-order valence-corrected chi connectivity index (χ1v) is 8.12. The van der Waals surface area contributed by atoms with E-state index in [1.807, 2.05) is 13.8 Å². The lowest BCUT2D eigenvalue weighted by molar-refractivity contribution is 0.0730. The minimum atomic E-state index is -0.592. The van der Waals surface area contributed by atoms with Crippen LogP contribution in [0.15, 0.2) is 22.7 Å². The number of carbonyl (C=O) groups excluding carboxylic acids is 1. The van der Waals surface area contributed by atoms with Crippen LogP contribution in [0.1, 0.15) is 53.2 Å². The highest BCUT2D eigenvalue weighted by molar-refractivity contribution is 6.33. The van der Waals surface area contributed by atoms with E-state index < -0.39 is 5.82 Å². The number of aryl methyl sites for hydroxylation is 2. The van der Waals surface area contributed by atoms with Crippen molar-refractivity contribution in [3.63, 3.8) is 0 Å². The summed E-state index contributed by atoms with van der Waals surface area (Å²) in [4.78, 5) is 14.5. The van der Waals surface area contributed by atoms with Gasteiger partial charge in [-0.2, -0.15) is 0 Å². The van der Waals surface area contributed by atoms with Gasteiger partial charge < -0.3 is 9.42 Å². The van der Waals surface area contributed by atoms with Gasteiger partial charge in [0.2, 0.25) is 0 Å². The van der Waals surface area contributed by atoms with E-state index in [4.69, 9.17) is 16.1 Å². The van der Waals surface area contributed by atoms with E-state index in [-0.39, 0.29) is 22.5 Å². The molecule has 3 rings (SSSR count). The van der Waals surface area contributed by atoms with Gasteiger partial charge in [0.15, 0.2) is 0 Å². The van der Waals surface area contributed by atoms with Gasteiger partial charge in [-0.15, -0.1) is 0 Å². The lowest BCUT2D eigenvalue weighted by atomic mass is 10.0. The maximum Gasteiger partial charge on any atom is 0.258 e. The Labute approximate surface area is 139 Å². The predicted octanol–water partition coefficient (Wildman–Crippen LogP) is 4.32. The summed E-state index contributed by atoms with van der Waals surface area (Å²) in [5, 5.41) is 4.16. The molecule has 0 N–H and O–H groups in total. The van der Waals surface area contributed by atoms with Gasteiger partial charge in [-0.3, -0.25) is 4.79 Å². The van der Waals surface area contributed by atoms with E-state index in [9.17, 15) is 9.18 Å². The highest BCUT2D eigenvalue weighted by Gasteiger charge is 2.36. The molecule has 23 heavy (non-hydrogen) atoms. The molecule has 1 amide bonds. The smallest absolute Gasteiger partial charge is 0.258 e. The summed E-state index contributed by atoms with van der Waals surface area (Å²) in [6.45, 7) is 4.43. The summed E-state index contributed by atoms with van der Waals surface area (Å²) in [5.74, 6) is -0.184. The number of hydrogen-bond acceptors (Lipinski definition) is 3. The molecule has 0 radical (unpaired) electrons. The molecular weight excluding hydrogens is 319 g/mol. The molecule has 4 nitrogen and oxygen atoms in total. The van der Waals surface area contributed by atoms with Crippen molar-refractivity contribution in [2.75, 3.05) is 6.54 Å². The van der Waals surface area contributed by atoms with E-state index in [1.54, 1.807) is 4.90 Å². The van der Waals surface area contributed by atoms with Crippen LogP contribution in [0.4, 0.5) is 4.39 Å². The van der Waals surface area contributed by atoms with Gasteiger partial charge in [0.05, 0.1) is 22.3 Å². The van der Waals surface area contributed by atoms with Crippen molar-refractivity contribution in [2.45, 2.75) is 39.2 Å². The second-order valence-electron chi connectivity index (χ2n) is 5.71. The number of rotatable bonds is 3. The molecule has 1 aromatic carbocycles. The van der Waals surface area contributed by atoms with Crippen LogP contribution in [0.25, 0.3) is 0 Å². The monoisotopic (exact) mass is 336 g/mol. The number of halogens is 2. The zero-order valence-corrected chi connectivity index (χ0v) is 13.9. The van der Waals surface area contributed by atoms with Crippen molar-refractivity contribution >= 4 is 17.5 Å². The minimum absolute atomic E-state index is 0.0618. The Bertz CT molecular complexity index is 724. The third-order valence-corrected chi connectivity index (χ3v) is 4.64. The molecule has 0 bridgehead atoms. The first-order chi connectivity index (χ1) is 11.0. The molecule has 1 aliphatic heterocycles. The molecular formula is C17H18ClFN2O2. The number of carbonyl (C=O) groups is 1. The van der Waals surface area contributed by atoms with E-state index in [0.29, 0.717) is 13.0 Å². The predicted molar refractivity (Wildman–Crippen MR) is 85.0 cm³/mol. The summed E-state index contributed by atoms with van der Waals surface area (Å²) < 4.78 is 19.4. The first-order valence-electron chi connectivity index (χ1n) is 7.74. The number of aromatic nitrogens is 1. The highest BCUT2D eigenvalue weighted by Crippen LogP contribution is 2.37. The molecule has 1 aromatic heterocycles. The molecule has 1 aliphatic rings. The summed E-state index contributed by atoms with van der Waals surface area (Å²) in [6, 6.07) is 4.14. The molecule has 1 atom stereocenters. The fraction of sp³-hybridized carbons (Fsp3) is 0.412. The number of likely N-dealkylation sites (tertiary alicyclic amines) is 1. The van der Waals surface area contributed by atoms with E-state index in [0.717, 1.165) is 29.9 Å².